The van der Waals surface area contributed by atoms with E-state index in [0.29, 0.717) is 32.4 Å². The van der Waals surface area contributed by atoms with Crippen molar-refractivity contribution in [3.05, 3.63) is 16.8 Å². The molecule has 27 heavy (non-hydrogen) atoms. The Labute approximate surface area is 163 Å². The smallest absolute Gasteiger partial charge is 0.319 e. The van der Waals surface area contributed by atoms with Crippen molar-refractivity contribution in [2.75, 3.05) is 18.4 Å². The molecule has 3 atom stereocenters. The summed E-state index contributed by atoms with van der Waals surface area (Å²) in [5.41, 5.74) is 0.764. The summed E-state index contributed by atoms with van der Waals surface area (Å²) in [4.78, 5) is 38.5. The van der Waals surface area contributed by atoms with Gasteiger partial charge >= 0.3 is 6.03 Å². The quantitative estimate of drug-likeness (QED) is 0.581. The van der Waals surface area contributed by atoms with Crippen molar-refractivity contribution in [1.82, 2.24) is 20.9 Å². The first-order chi connectivity index (χ1) is 12.9. The molecule has 0 saturated carbocycles. The molecule has 4 amide bonds. The van der Waals surface area contributed by atoms with Crippen molar-refractivity contribution in [3.8, 4) is 0 Å². The van der Waals surface area contributed by atoms with E-state index in [1.165, 1.54) is 11.3 Å². The van der Waals surface area contributed by atoms with E-state index in [2.05, 4.69) is 26.2 Å². The summed E-state index contributed by atoms with van der Waals surface area (Å²) in [6.07, 6.45) is 1.69. The van der Waals surface area contributed by atoms with Crippen LogP contribution in [0.5, 0.6) is 0 Å². The van der Waals surface area contributed by atoms with Gasteiger partial charge in [0.15, 0.2) is 0 Å². The summed E-state index contributed by atoms with van der Waals surface area (Å²) in [5.74, 6) is 0.0305. The van der Waals surface area contributed by atoms with Gasteiger partial charge in [-0.05, 0) is 38.1 Å². The lowest BCUT2D eigenvalue weighted by atomic mass is 10.0. The van der Waals surface area contributed by atoms with Gasteiger partial charge in [0.1, 0.15) is 0 Å². The SMILES string of the molecule is CC(C)NC(=O)CC[C@@H]1CNC(=O)[C@@H]2C[C@H](NC(=O)Nc3ccsc3)CN12. The molecule has 1 aromatic heterocycles. The maximum Gasteiger partial charge on any atom is 0.319 e. The van der Waals surface area contributed by atoms with Crippen LogP contribution in [0.25, 0.3) is 0 Å². The summed E-state index contributed by atoms with van der Waals surface area (Å²) in [7, 11) is 0. The standard InChI is InChI=1S/C18H27N5O3S/c1-11(2)20-16(24)4-3-14-8-19-17(25)15-7-13(9-23(14)15)22-18(26)21-12-5-6-27-10-12/h5-6,10-11,13-15H,3-4,7-9H2,1-2H3,(H,19,25)(H,20,24)(H2,21,22,26)/t13-,14+,15-/m0/s1. The van der Waals surface area contributed by atoms with Gasteiger partial charge in [0, 0.05) is 43.0 Å². The summed E-state index contributed by atoms with van der Waals surface area (Å²) in [6, 6.07) is 1.48. The predicted molar refractivity (Wildman–Crippen MR) is 105 cm³/mol. The average Bonchev–Trinajstić information content (AvgIpc) is 3.23. The monoisotopic (exact) mass is 393 g/mol. The molecule has 0 bridgehead atoms. The summed E-state index contributed by atoms with van der Waals surface area (Å²) in [6.45, 7) is 5.03. The molecule has 2 aliphatic heterocycles. The number of piperazine rings is 1. The van der Waals surface area contributed by atoms with Crippen LogP contribution in [-0.4, -0.2) is 60.0 Å². The van der Waals surface area contributed by atoms with Crippen molar-refractivity contribution in [3.63, 3.8) is 0 Å². The molecule has 4 N–H and O–H groups in total. The fraction of sp³-hybridized carbons (Fsp3) is 0.611. The highest BCUT2D eigenvalue weighted by atomic mass is 32.1. The van der Waals surface area contributed by atoms with E-state index < -0.39 is 0 Å². The van der Waals surface area contributed by atoms with Gasteiger partial charge in [-0.25, -0.2) is 4.79 Å². The molecule has 2 aliphatic rings. The molecular formula is C18H27N5O3S. The van der Waals surface area contributed by atoms with Crippen molar-refractivity contribution in [1.29, 1.82) is 0 Å². The van der Waals surface area contributed by atoms with Crippen molar-refractivity contribution in [2.45, 2.75) is 57.3 Å². The van der Waals surface area contributed by atoms with Gasteiger partial charge in [-0.15, -0.1) is 0 Å². The number of nitrogens with zero attached hydrogens (tertiary/aromatic N) is 1. The highest BCUT2D eigenvalue weighted by molar-refractivity contribution is 7.08. The number of fused-ring (bicyclic) bond motifs is 1. The zero-order chi connectivity index (χ0) is 19.4. The van der Waals surface area contributed by atoms with Crippen molar-refractivity contribution < 1.29 is 14.4 Å². The minimum Gasteiger partial charge on any atom is -0.354 e. The second kappa shape index (κ2) is 8.71. The number of carbonyl (C=O) groups excluding carboxylic acids is 3. The fourth-order valence-corrected chi connectivity index (χ4v) is 4.32. The van der Waals surface area contributed by atoms with Crippen LogP contribution in [0.1, 0.15) is 33.1 Å². The second-order valence-electron chi connectivity index (χ2n) is 7.42. The molecule has 3 heterocycles. The number of amides is 4. The highest BCUT2D eigenvalue weighted by Gasteiger charge is 2.43. The molecule has 9 heteroatoms. The first kappa shape index (κ1) is 19.6. The lowest BCUT2D eigenvalue weighted by Gasteiger charge is -2.37. The summed E-state index contributed by atoms with van der Waals surface area (Å²) < 4.78 is 0. The lowest BCUT2D eigenvalue weighted by molar-refractivity contribution is -0.129. The Hall–Kier alpha value is -2.13. The molecule has 148 valence electrons. The van der Waals surface area contributed by atoms with E-state index in [1.54, 1.807) is 0 Å². The minimum atomic E-state index is -0.258. The van der Waals surface area contributed by atoms with Crippen LogP contribution in [0.4, 0.5) is 10.5 Å². The van der Waals surface area contributed by atoms with E-state index in [0.717, 1.165) is 5.69 Å². The largest absolute Gasteiger partial charge is 0.354 e. The molecule has 0 unspecified atom stereocenters. The Balaban J connectivity index is 1.53. The number of carbonyl (C=O) groups is 3. The first-order valence-electron chi connectivity index (χ1n) is 9.35. The first-order valence-corrected chi connectivity index (χ1v) is 10.3. The lowest BCUT2D eigenvalue weighted by Crippen LogP contribution is -2.58. The molecule has 0 spiro atoms. The van der Waals surface area contributed by atoms with Gasteiger partial charge in [-0.3, -0.25) is 14.5 Å². The normalized spacial score (nSPS) is 25.0. The molecule has 0 aliphatic carbocycles. The van der Waals surface area contributed by atoms with Crippen LogP contribution in [0.15, 0.2) is 16.8 Å². The Morgan fingerprint density at radius 1 is 1.41 bits per heavy atom. The zero-order valence-corrected chi connectivity index (χ0v) is 16.5. The van der Waals surface area contributed by atoms with Gasteiger partial charge in [-0.1, -0.05) is 0 Å². The van der Waals surface area contributed by atoms with Crippen LogP contribution in [0.3, 0.4) is 0 Å². The van der Waals surface area contributed by atoms with Crippen LogP contribution in [0, 0.1) is 0 Å². The van der Waals surface area contributed by atoms with Crippen LogP contribution >= 0.6 is 11.3 Å². The summed E-state index contributed by atoms with van der Waals surface area (Å²) in [5, 5.41) is 15.4. The third-order valence-corrected chi connectivity index (χ3v) is 5.57. The number of anilines is 1. The average molecular weight is 394 g/mol. The molecule has 8 nitrogen and oxygen atoms in total. The summed E-state index contributed by atoms with van der Waals surface area (Å²) >= 11 is 1.52. The number of thiophene rings is 1. The number of hydrogen-bond donors (Lipinski definition) is 4. The highest BCUT2D eigenvalue weighted by Crippen LogP contribution is 2.26. The fourth-order valence-electron chi connectivity index (χ4n) is 3.73. The van der Waals surface area contributed by atoms with E-state index in [4.69, 9.17) is 0 Å². The van der Waals surface area contributed by atoms with Crippen LogP contribution in [-0.2, 0) is 9.59 Å². The second-order valence-corrected chi connectivity index (χ2v) is 8.20. The molecule has 3 rings (SSSR count). The van der Waals surface area contributed by atoms with E-state index in [1.807, 2.05) is 30.7 Å². The topological polar surface area (TPSA) is 103 Å². The van der Waals surface area contributed by atoms with Gasteiger partial charge in [0.05, 0.1) is 11.7 Å². The van der Waals surface area contributed by atoms with Crippen LogP contribution < -0.4 is 21.3 Å². The Morgan fingerprint density at radius 3 is 2.93 bits per heavy atom. The molecule has 0 radical (unpaired) electrons. The van der Waals surface area contributed by atoms with E-state index in [9.17, 15) is 14.4 Å². The third-order valence-electron chi connectivity index (χ3n) is 4.89. The number of hydrogen-bond acceptors (Lipinski definition) is 5. The minimum absolute atomic E-state index is 0.000393. The molecule has 1 aromatic rings. The van der Waals surface area contributed by atoms with Gasteiger partial charge in [0.2, 0.25) is 11.8 Å². The number of urea groups is 1. The molecule has 2 fully saturated rings. The number of rotatable bonds is 6. The molecular weight excluding hydrogens is 366 g/mol. The zero-order valence-electron chi connectivity index (χ0n) is 15.7. The van der Waals surface area contributed by atoms with Crippen molar-refractivity contribution in [2.24, 2.45) is 0 Å². The molecule has 2 saturated heterocycles. The van der Waals surface area contributed by atoms with Crippen LogP contribution in [0.2, 0.25) is 0 Å². The third kappa shape index (κ3) is 5.20. The van der Waals surface area contributed by atoms with E-state index >= 15 is 0 Å². The predicted octanol–water partition coefficient (Wildman–Crippen LogP) is 1.12. The van der Waals surface area contributed by atoms with Crippen molar-refractivity contribution >= 4 is 34.9 Å². The van der Waals surface area contributed by atoms with E-state index in [-0.39, 0.29) is 42.0 Å². The van der Waals surface area contributed by atoms with Gasteiger partial charge in [0.25, 0.3) is 0 Å². The Morgan fingerprint density at radius 2 is 2.22 bits per heavy atom. The van der Waals surface area contributed by atoms with Gasteiger partial charge in [-0.2, -0.15) is 11.3 Å². The molecule has 0 aromatic carbocycles. The maximum absolute atomic E-state index is 12.2. The number of nitrogens with one attached hydrogen (secondary N) is 4. The Kier molecular flexibility index (Phi) is 6.33. The van der Waals surface area contributed by atoms with Gasteiger partial charge < -0.3 is 21.3 Å². The maximum atomic E-state index is 12.2. The Bertz CT molecular complexity index is 679.